The summed E-state index contributed by atoms with van der Waals surface area (Å²) in [6.07, 6.45) is -4.62. The Morgan fingerprint density at radius 2 is 1.80 bits per heavy atom. The van der Waals surface area contributed by atoms with Crippen molar-refractivity contribution in [1.29, 1.82) is 0 Å². The standard InChI is InChI=1S/C20H15F4N5O/c1-10-6-16(29-28-10)26-19-18-14(11-2-4-13(21)5-3-11)7-12(20(22,23)24)8-15(18)25-17(9-30)27-19/h2-8,30H,9H2,1H3,(H2,25,26,27,28,29). The summed E-state index contributed by atoms with van der Waals surface area (Å²) in [6.45, 7) is 1.22. The minimum Gasteiger partial charge on any atom is -0.388 e. The number of hydrogen-bond acceptors (Lipinski definition) is 5. The Hall–Kier alpha value is -3.53. The van der Waals surface area contributed by atoms with Crippen molar-refractivity contribution in [1.82, 2.24) is 20.2 Å². The number of hydrogen-bond donors (Lipinski definition) is 3. The molecular weight excluding hydrogens is 402 g/mol. The first kappa shape index (κ1) is 19.8. The van der Waals surface area contributed by atoms with Gasteiger partial charge in [0.2, 0.25) is 0 Å². The Morgan fingerprint density at radius 3 is 2.40 bits per heavy atom. The van der Waals surface area contributed by atoms with E-state index in [0.717, 1.165) is 30.0 Å². The van der Waals surface area contributed by atoms with E-state index in [2.05, 4.69) is 25.5 Å². The Balaban J connectivity index is 2.03. The molecule has 30 heavy (non-hydrogen) atoms. The molecule has 3 N–H and O–H groups in total. The van der Waals surface area contributed by atoms with Crippen LogP contribution in [-0.2, 0) is 12.8 Å². The minimum absolute atomic E-state index is 0.0158. The van der Waals surface area contributed by atoms with Crippen LogP contribution in [0.3, 0.4) is 0 Å². The Labute approximate surface area is 167 Å². The van der Waals surface area contributed by atoms with Crippen molar-refractivity contribution in [2.45, 2.75) is 19.7 Å². The van der Waals surface area contributed by atoms with Crippen LogP contribution in [0, 0.1) is 12.7 Å². The second-order valence-corrected chi connectivity index (χ2v) is 6.63. The first-order valence-electron chi connectivity index (χ1n) is 8.82. The zero-order valence-corrected chi connectivity index (χ0v) is 15.5. The van der Waals surface area contributed by atoms with Crippen molar-refractivity contribution in [3.05, 3.63) is 65.4 Å². The second kappa shape index (κ2) is 7.38. The molecule has 154 valence electrons. The lowest BCUT2D eigenvalue weighted by atomic mass is 9.97. The molecule has 0 aliphatic carbocycles. The molecule has 0 aliphatic rings. The molecule has 0 saturated heterocycles. The van der Waals surface area contributed by atoms with E-state index < -0.39 is 24.2 Å². The number of aliphatic hydroxyl groups is 1. The SMILES string of the molecule is Cc1cc(Nc2nc(CO)nc3cc(C(F)(F)F)cc(-c4ccc(F)cc4)c23)n[nH]1. The van der Waals surface area contributed by atoms with E-state index in [0.29, 0.717) is 11.4 Å². The smallest absolute Gasteiger partial charge is 0.388 e. The number of benzene rings is 2. The third kappa shape index (κ3) is 3.81. The van der Waals surface area contributed by atoms with Crippen molar-refractivity contribution in [2.75, 3.05) is 5.32 Å². The van der Waals surface area contributed by atoms with Gasteiger partial charge in [-0.05, 0) is 42.3 Å². The Bertz CT molecular complexity index is 1220. The third-order valence-corrected chi connectivity index (χ3v) is 4.42. The number of fused-ring (bicyclic) bond motifs is 1. The van der Waals surface area contributed by atoms with Gasteiger partial charge in [-0.25, -0.2) is 14.4 Å². The number of aryl methyl sites for hydroxylation is 1. The van der Waals surface area contributed by atoms with Crippen LogP contribution in [-0.4, -0.2) is 25.3 Å². The minimum atomic E-state index is -4.62. The van der Waals surface area contributed by atoms with Crippen molar-refractivity contribution in [3.8, 4) is 11.1 Å². The molecular formula is C20H15F4N5O. The highest BCUT2D eigenvalue weighted by Crippen LogP contribution is 2.39. The molecule has 0 radical (unpaired) electrons. The average molecular weight is 417 g/mol. The van der Waals surface area contributed by atoms with E-state index in [4.69, 9.17) is 0 Å². The number of rotatable bonds is 4. The summed E-state index contributed by atoms with van der Waals surface area (Å²) < 4.78 is 54.0. The van der Waals surface area contributed by atoms with Crippen molar-refractivity contribution in [3.63, 3.8) is 0 Å². The molecule has 0 atom stereocenters. The van der Waals surface area contributed by atoms with Crippen molar-refractivity contribution in [2.24, 2.45) is 0 Å². The lowest BCUT2D eigenvalue weighted by molar-refractivity contribution is -0.137. The molecule has 2 heterocycles. The molecule has 0 fully saturated rings. The molecule has 0 unspecified atom stereocenters. The summed E-state index contributed by atoms with van der Waals surface area (Å²) in [4.78, 5) is 8.31. The lowest BCUT2D eigenvalue weighted by Crippen LogP contribution is -2.08. The van der Waals surface area contributed by atoms with Gasteiger partial charge in [-0.15, -0.1) is 0 Å². The molecule has 0 amide bonds. The highest BCUT2D eigenvalue weighted by Gasteiger charge is 2.32. The van der Waals surface area contributed by atoms with Crippen LogP contribution in [0.25, 0.3) is 22.0 Å². The molecule has 4 rings (SSSR count). The number of aromatic nitrogens is 4. The topological polar surface area (TPSA) is 86.7 Å². The fraction of sp³-hybridized carbons (Fsp3) is 0.150. The Kier molecular flexibility index (Phi) is 4.86. The summed E-state index contributed by atoms with van der Waals surface area (Å²) in [6, 6.07) is 8.64. The zero-order valence-electron chi connectivity index (χ0n) is 15.5. The van der Waals surface area contributed by atoms with Crippen molar-refractivity contribution >= 4 is 22.5 Å². The van der Waals surface area contributed by atoms with E-state index >= 15 is 0 Å². The summed E-state index contributed by atoms with van der Waals surface area (Å²) in [5, 5.41) is 19.6. The fourth-order valence-corrected chi connectivity index (χ4v) is 3.10. The van der Waals surface area contributed by atoms with Gasteiger partial charge in [0.25, 0.3) is 0 Å². The van der Waals surface area contributed by atoms with Gasteiger partial charge >= 0.3 is 6.18 Å². The second-order valence-electron chi connectivity index (χ2n) is 6.63. The number of nitrogens with zero attached hydrogens (tertiary/aromatic N) is 3. The number of H-pyrrole nitrogens is 1. The maximum absolute atomic E-state index is 13.5. The Morgan fingerprint density at radius 1 is 1.07 bits per heavy atom. The van der Waals surface area contributed by atoms with Gasteiger partial charge in [0, 0.05) is 11.8 Å². The summed E-state index contributed by atoms with van der Waals surface area (Å²) in [5.41, 5.74) is 0.348. The highest BCUT2D eigenvalue weighted by atomic mass is 19.4. The first-order valence-corrected chi connectivity index (χ1v) is 8.82. The molecule has 6 nitrogen and oxygen atoms in total. The van der Waals surface area contributed by atoms with E-state index in [1.807, 2.05) is 0 Å². The van der Waals surface area contributed by atoms with Gasteiger partial charge in [0.1, 0.15) is 18.2 Å². The maximum Gasteiger partial charge on any atom is 0.416 e. The van der Waals surface area contributed by atoms with Gasteiger partial charge in [-0.1, -0.05) is 12.1 Å². The number of aromatic amines is 1. The van der Waals surface area contributed by atoms with Crippen LogP contribution in [0.1, 0.15) is 17.1 Å². The maximum atomic E-state index is 13.5. The van der Waals surface area contributed by atoms with Crippen LogP contribution in [0.4, 0.5) is 29.2 Å². The fourth-order valence-electron chi connectivity index (χ4n) is 3.10. The zero-order chi connectivity index (χ0) is 21.5. The lowest BCUT2D eigenvalue weighted by Gasteiger charge is -2.16. The van der Waals surface area contributed by atoms with Crippen molar-refractivity contribution < 1.29 is 22.7 Å². The molecule has 4 aromatic rings. The summed E-state index contributed by atoms with van der Waals surface area (Å²) in [7, 11) is 0. The third-order valence-electron chi connectivity index (χ3n) is 4.42. The van der Waals surface area contributed by atoms with Crippen LogP contribution in [0.2, 0.25) is 0 Å². The largest absolute Gasteiger partial charge is 0.416 e. The van der Waals surface area contributed by atoms with Gasteiger partial charge < -0.3 is 10.4 Å². The number of halogens is 4. The molecule has 10 heteroatoms. The number of nitrogens with one attached hydrogen (secondary N) is 2. The monoisotopic (exact) mass is 417 g/mol. The summed E-state index contributed by atoms with van der Waals surface area (Å²) in [5.74, 6) is -0.00854. The van der Waals surface area contributed by atoms with Crippen LogP contribution in [0.5, 0.6) is 0 Å². The predicted octanol–water partition coefficient (Wildman–Crippen LogP) is 4.72. The van der Waals surface area contributed by atoms with Crippen LogP contribution >= 0.6 is 0 Å². The molecule has 0 saturated carbocycles. The van der Waals surface area contributed by atoms with E-state index in [1.54, 1.807) is 13.0 Å². The number of alkyl halides is 3. The van der Waals surface area contributed by atoms with Gasteiger partial charge in [0.05, 0.1) is 16.5 Å². The molecule has 0 spiro atoms. The number of anilines is 2. The van der Waals surface area contributed by atoms with Gasteiger partial charge in [0.15, 0.2) is 11.6 Å². The molecule has 0 aliphatic heterocycles. The van der Waals surface area contributed by atoms with Gasteiger partial charge in [-0.2, -0.15) is 18.3 Å². The molecule has 2 aromatic heterocycles. The van der Waals surface area contributed by atoms with E-state index in [9.17, 15) is 22.7 Å². The average Bonchev–Trinajstić information content (AvgIpc) is 3.11. The van der Waals surface area contributed by atoms with Gasteiger partial charge in [-0.3, -0.25) is 5.10 Å². The van der Waals surface area contributed by atoms with E-state index in [-0.39, 0.29) is 28.1 Å². The summed E-state index contributed by atoms with van der Waals surface area (Å²) >= 11 is 0. The number of aliphatic hydroxyl groups excluding tert-OH is 1. The van der Waals surface area contributed by atoms with Crippen LogP contribution < -0.4 is 5.32 Å². The normalized spacial score (nSPS) is 11.8. The molecule has 0 bridgehead atoms. The van der Waals surface area contributed by atoms with Crippen LogP contribution in [0.15, 0.2) is 42.5 Å². The quantitative estimate of drug-likeness (QED) is 0.418. The highest BCUT2D eigenvalue weighted by molar-refractivity contribution is 6.03. The first-order chi connectivity index (χ1) is 14.2. The molecule has 2 aromatic carbocycles. The van der Waals surface area contributed by atoms with E-state index in [1.165, 1.54) is 12.1 Å². The predicted molar refractivity (Wildman–Crippen MR) is 102 cm³/mol.